The average molecular weight is 333 g/mol. The van der Waals surface area contributed by atoms with Gasteiger partial charge in [-0.15, -0.1) is 0 Å². The molecular formula is C14H13BrN4O. The molecule has 0 radical (unpaired) electrons. The molecular weight excluding hydrogens is 320 g/mol. The Morgan fingerprint density at radius 1 is 1.35 bits per heavy atom. The number of H-pyrrole nitrogens is 1. The number of benzene rings is 1. The van der Waals surface area contributed by atoms with Gasteiger partial charge in [0.15, 0.2) is 0 Å². The summed E-state index contributed by atoms with van der Waals surface area (Å²) >= 11 is 3.38. The summed E-state index contributed by atoms with van der Waals surface area (Å²) in [5.74, 6) is -0.288. The van der Waals surface area contributed by atoms with Gasteiger partial charge in [0.05, 0.1) is 11.4 Å². The summed E-state index contributed by atoms with van der Waals surface area (Å²) in [5.41, 5.74) is 2.23. The average Bonchev–Trinajstić information content (AvgIpc) is 2.91. The standard InChI is InChI=1S/C14H13BrN4O/c1-2-17-11-5-3-9(15)7-13(11)19-14(20)12-6-4-10(8-16)18-12/h3-7,17-18H,2H2,1H3,(H,19,20). The molecule has 1 aromatic carbocycles. The van der Waals surface area contributed by atoms with Crippen LogP contribution in [-0.2, 0) is 0 Å². The summed E-state index contributed by atoms with van der Waals surface area (Å²) in [6, 6.07) is 10.7. The van der Waals surface area contributed by atoms with E-state index in [0.29, 0.717) is 17.1 Å². The molecule has 1 heterocycles. The van der Waals surface area contributed by atoms with Gasteiger partial charge in [-0.1, -0.05) is 15.9 Å². The minimum Gasteiger partial charge on any atom is -0.384 e. The quantitative estimate of drug-likeness (QED) is 0.803. The predicted octanol–water partition coefficient (Wildman–Crippen LogP) is 3.33. The van der Waals surface area contributed by atoms with E-state index in [1.807, 2.05) is 31.2 Å². The van der Waals surface area contributed by atoms with Crippen LogP contribution in [0.2, 0.25) is 0 Å². The maximum atomic E-state index is 12.1. The van der Waals surface area contributed by atoms with E-state index in [0.717, 1.165) is 16.7 Å². The summed E-state index contributed by atoms with van der Waals surface area (Å²) in [6.07, 6.45) is 0. The SMILES string of the molecule is CCNc1ccc(Br)cc1NC(=O)c1ccc(C#N)[nH]1. The summed E-state index contributed by atoms with van der Waals surface area (Å²) < 4.78 is 0.874. The molecule has 0 spiro atoms. The van der Waals surface area contributed by atoms with Crippen molar-refractivity contribution in [2.45, 2.75) is 6.92 Å². The molecule has 6 heteroatoms. The molecule has 102 valence electrons. The second-order valence-electron chi connectivity index (χ2n) is 4.07. The minimum atomic E-state index is -0.288. The molecule has 20 heavy (non-hydrogen) atoms. The predicted molar refractivity (Wildman–Crippen MR) is 81.8 cm³/mol. The summed E-state index contributed by atoms with van der Waals surface area (Å²) in [6.45, 7) is 2.74. The molecule has 0 saturated carbocycles. The van der Waals surface area contributed by atoms with Crippen molar-refractivity contribution in [1.82, 2.24) is 4.98 Å². The zero-order valence-electron chi connectivity index (χ0n) is 10.8. The molecule has 0 aliphatic heterocycles. The van der Waals surface area contributed by atoms with Gasteiger partial charge in [-0.05, 0) is 37.3 Å². The van der Waals surface area contributed by atoms with E-state index < -0.39 is 0 Å². The Morgan fingerprint density at radius 2 is 2.15 bits per heavy atom. The number of aromatic amines is 1. The van der Waals surface area contributed by atoms with Crippen molar-refractivity contribution in [1.29, 1.82) is 5.26 Å². The van der Waals surface area contributed by atoms with Crippen LogP contribution in [0, 0.1) is 11.3 Å². The Bertz CT molecular complexity index is 672. The number of carbonyl (C=O) groups is 1. The first-order chi connectivity index (χ1) is 9.63. The van der Waals surface area contributed by atoms with Crippen LogP contribution in [0.4, 0.5) is 11.4 Å². The third kappa shape index (κ3) is 3.19. The first kappa shape index (κ1) is 14.2. The number of nitrogens with one attached hydrogen (secondary N) is 3. The largest absolute Gasteiger partial charge is 0.384 e. The van der Waals surface area contributed by atoms with Gasteiger partial charge < -0.3 is 15.6 Å². The van der Waals surface area contributed by atoms with Gasteiger partial charge in [0.1, 0.15) is 17.5 Å². The van der Waals surface area contributed by atoms with E-state index >= 15 is 0 Å². The molecule has 0 aliphatic carbocycles. The summed E-state index contributed by atoms with van der Waals surface area (Å²) in [4.78, 5) is 14.9. The third-order valence-corrected chi connectivity index (χ3v) is 3.14. The highest BCUT2D eigenvalue weighted by atomic mass is 79.9. The number of nitriles is 1. The molecule has 0 saturated heterocycles. The Morgan fingerprint density at radius 3 is 2.80 bits per heavy atom. The van der Waals surface area contributed by atoms with Gasteiger partial charge in [-0.2, -0.15) is 5.26 Å². The van der Waals surface area contributed by atoms with Gasteiger partial charge in [0.2, 0.25) is 0 Å². The lowest BCUT2D eigenvalue weighted by atomic mass is 10.2. The topological polar surface area (TPSA) is 80.7 Å². The van der Waals surface area contributed by atoms with E-state index in [2.05, 4.69) is 31.5 Å². The number of hydrogen-bond donors (Lipinski definition) is 3. The zero-order chi connectivity index (χ0) is 14.5. The van der Waals surface area contributed by atoms with Gasteiger partial charge in [0, 0.05) is 11.0 Å². The first-order valence-electron chi connectivity index (χ1n) is 6.08. The molecule has 2 rings (SSSR count). The number of rotatable bonds is 4. The van der Waals surface area contributed by atoms with Crippen LogP contribution in [0.15, 0.2) is 34.8 Å². The third-order valence-electron chi connectivity index (χ3n) is 2.65. The highest BCUT2D eigenvalue weighted by molar-refractivity contribution is 9.10. The lowest BCUT2D eigenvalue weighted by molar-refractivity contribution is 0.102. The van der Waals surface area contributed by atoms with Gasteiger partial charge >= 0.3 is 0 Å². The first-order valence-corrected chi connectivity index (χ1v) is 6.87. The van der Waals surface area contributed by atoms with Gasteiger partial charge in [-0.25, -0.2) is 0 Å². The maximum absolute atomic E-state index is 12.1. The van der Waals surface area contributed by atoms with E-state index in [1.54, 1.807) is 12.1 Å². The second kappa shape index (κ2) is 6.26. The fraction of sp³-hybridized carbons (Fsp3) is 0.143. The Labute approximate surface area is 125 Å². The van der Waals surface area contributed by atoms with Crippen LogP contribution in [-0.4, -0.2) is 17.4 Å². The molecule has 2 aromatic rings. The van der Waals surface area contributed by atoms with Gasteiger partial charge in [-0.3, -0.25) is 4.79 Å². The van der Waals surface area contributed by atoms with Crippen molar-refractivity contribution in [3.05, 3.63) is 46.2 Å². The molecule has 3 N–H and O–H groups in total. The number of amides is 1. The highest BCUT2D eigenvalue weighted by Gasteiger charge is 2.11. The number of aromatic nitrogens is 1. The Hall–Kier alpha value is -2.26. The highest BCUT2D eigenvalue weighted by Crippen LogP contribution is 2.26. The van der Waals surface area contributed by atoms with Crippen LogP contribution in [0.25, 0.3) is 0 Å². The van der Waals surface area contributed by atoms with E-state index in [1.165, 1.54) is 0 Å². The van der Waals surface area contributed by atoms with Crippen LogP contribution in [0.1, 0.15) is 23.1 Å². The lowest BCUT2D eigenvalue weighted by Gasteiger charge is -2.12. The lowest BCUT2D eigenvalue weighted by Crippen LogP contribution is -2.14. The van der Waals surface area contributed by atoms with Crippen molar-refractivity contribution in [3.63, 3.8) is 0 Å². The van der Waals surface area contributed by atoms with Crippen LogP contribution < -0.4 is 10.6 Å². The molecule has 0 bridgehead atoms. The van der Waals surface area contributed by atoms with Crippen molar-refractivity contribution in [3.8, 4) is 6.07 Å². The second-order valence-corrected chi connectivity index (χ2v) is 4.99. The molecule has 5 nitrogen and oxygen atoms in total. The smallest absolute Gasteiger partial charge is 0.272 e. The Balaban J connectivity index is 2.22. The van der Waals surface area contributed by atoms with Gasteiger partial charge in [0.25, 0.3) is 5.91 Å². The van der Waals surface area contributed by atoms with E-state index in [-0.39, 0.29) is 5.91 Å². The number of halogens is 1. The number of hydrogen-bond acceptors (Lipinski definition) is 3. The number of carbonyl (C=O) groups excluding carboxylic acids is 1. The van der Waals surface area contributed by atoms with Crippen LogP contribution in [0.5, 0.6) is 0 Å². The van der Waals surface area contributed by atoms with Crippen LogP contribution >= 0.6 is 15.9 Å². The summed E-state index contributed by atoms with van der Waals surface area (Å²) in [7, 11) is 0. The Kier molecular flexibility index (Phi) is 4.43. The molecule has 0 unspecified atom stereocenters. The van der Waals surface area contributed by atoms with Crippen molar-refractivity contribution in [2.75, 3.05) is 17.2 Å². The molecule has 1 aromatic heterocycles. The number of nitrogens with zero attached hydrogens (tertiary/aromatic N) is 1. The van der Waals surface area contributed by atoms with Crippen molar-refractivity contribution < 1.29 is 4.79 Å². The monoisotopic (exact) mass is 332 g/mol. The maximum Gasteiger partial charge on any atom is 0.272 e. The zero-order valence-corrected chi connectivity index (χ0v) is 12.4. The fourth-order valence-corrected chi connectivity index (χ4v) is 2.11. The fourth-order valence-electron chi connectivity index (χ4n) is 1.75. The van der Waals surface area contributed by atoms with Crippen LogP contribution in [0.3, 0.4) is 0 Å². The summed E-state index contributed by atoms with van der Waals surface area (Å²) in [5, 5.41) is 14.7. The van der Waals surface area contributed by atoms with Crippen molar-refractivity contribution >= 4 is 33.2 Å². The molecule has 1 amide bonds. The number of anilines is 2. The minimum absolute atomic E-state index is 0.288. The van der Waals surface area contributed by atoms with E-state index in [4.69, 9.17) is 5.26 Å². The normalized spacial score (nSPS) is 9.85. The van der Waals surface area contributed by atoms with E-state index in [9.17, 15) is 4.79 Å². The van der Waals surface area contributed by atoms with Crippen molar-refractivity contribution in [2.24, 2.45) is 0 Å². The molecule has 0 aliphatic rings. The molecule has 0 fully saturated rings. The molecule has 0 atom stereocenters.